The molecule has 0 radical (unpaired) electrons. The number of aromatic carboxylic acids is 1. The largest absolute Gasteiger partial charge is 0.493 e. The molecule has 0 atom stereocenters. The van der Waals surface area contributed by atoms with Crippen LogP contribution in [-0.2, 0) is 0 Å². The third kappa shape index (κ3) is 3.32. The summed E-state index contributed by atoms with van der Waals surface area (Å²) in [5, 5.41) is 19.9. The molecule has 2 rings (SSSR count). The molecule has 0 saturated heterocycles. The van der Waals surface area contributed by atoms with Gasteiger partial charge in [-0.1, -0.05) is 30.3 Å². The normalized spacial score (nSPS) is 11.1. The zero-order chi connectivity index (χ0) is 15.5. The van der Waals surface area contributed by atoms with Crippen LogP contribution in [0.1, 0.15) is 30.6 Å². The number of carboxylic acid groups (broad SMARTS) is 1. The lowest BCUT2D eigenvalue weighted by atomic mass is 9.92. The second kappa shape index (κ2) is 5.84. The Labute approximate surface area is 123 Å². The van der Waals surface area contributed by atoms with Gasteiger partial charge in [0.1, 0.15) is 11.3 Å². The number of carboxylic acids is 1. The SMILES string of the molecule is CC(C)(C#N)CCOc1ccc2ccccc2c1C(=O)O. The Morgan fingerprint density at radius 2 is 2.00 bits per heavy atom. The van der Waals surface area contributed by atoms with Crippen molar-refractivity contribution in [3.63, 3.8) is 0 Å². The molecule has 108 valence electrons. The molecule has 0 bridgehead atoms. The van der Waals surface area contributed by atoms with Gasteiger partial charge in [0.05, 0.1) is 18.1 Å². The van der Waals surface area contributed by atoms with Crippen molar-refractivity contribution in [2.24, 2.45) is 5.41 Å². The highest BCUT2D eigenvalue weighted by Gasteiger charge is 2.19. The first kappa shape index (κ1) is 14.9. The smallest absolute Gasteiger partial charge is 0.340 e. The zero-order valence-electron chi connectivity index (χ0n) is 12.1. The van der Waals surface area contributed by atoms with Crippen LogP contribution in [0, 0.1) is 16.7 Å². The summed E-state index contributed by atoms with van der Waals surface area (Å²) in [6, 6.07) is 13.0. The van der Waals surface area contributed by atoms with Crippen molar-refractivity contribution < 1.29 is 14.6 Å². The quantitative estimate of drug-likeness (QED) is 0.904. The van der Waals surface area contributed by atoms with E-state index in [0.717, 1.165) is 5.39 Å². The highest BCUT2D eigenvalue weighted by atomic mass is 16.5. The molecule has 2 aromatic rings. The first-order valence-electron chi connectivity index (χ1n) is 6.74. The number of nitriles is 1. The number of nitrogens with zero attached hydrogens (tertiary/aromatic N) is 1. The fourth-order valence-corrected chi connectivity index (χ4v) is 2.06. The van der Waals surface area contributed by atoms with E-state index in [2.05, 4.69) is 6.07 Å². The van der Waals surface area contributed by atoms with E-state index in [1.807, 2.05) is 32.0 Å². The van der Waals surface area contributed by atoms with Crippen LogP contribution < -0.4 is 4.74 Å². The van der Waals surface area contributed by atoms with Gasteiger partial charge in [0.2, 0.25) is 0 Å². The molecule has 0 amide bonds. The Balaban J connectivity index is 2.30. The van der Waals surface area contributed by atoms with Gasteiger partial charge in [0, 0.05) is 0 Å². The molecule has 0 fully saturated rings. The number of hydrogen-bond donors (Lipinski definition) is 1. The monoisotopic (exact) mass is 283 g/mol. The zero-order valence-corrected chi connectivity index (χ0v) is 12.1. The highest BCUT2D eigenvalue weighted by molar-refractivity contribution is 6.06. The molecular weight excluding hydrogens is 266 g/mol. The Kier molecular flexibility index (Phi) is 4.13. The molecule has 0 spiro atoms. The van der Waals surface area contributed by atoms with E-state index in [4.69, 9.17) is 10.00 Å². The standard InChI is InChI=1S/C17H17NO3/c1-17(2,11-18)9-10-21-14-8-7-12-5-3-4-6-13(12)15(14)16(19)20/h3-8H,9-10H2,1-2H3,(H,19,20). The summed E-state index contributed by atoms with van der Waals surface area (Å²) in [6.45, 7) is 3.96. The molecule has 4 heteroatoms. The number of hydrogen-bond acceptors (Lipinski definition) is 3. The number of benzene rings is 2. The molecule has 0 aliphatic heterocycles. The molecule has 0 unspecified atom stereocenters. The van der Waals surface area contributed by atoms with Gasteiger partial charge in [0.15, 0.2) is 0 Å². The first-order valence-corrected chi connectivity index (χ1v) is 6.74. The van der Waals surface area contributed by atoms with Crippen molar-refractivity contribution >= 4 is 16.7 Å². The minimum Gasteiger partial charge on any atom is -0.493 e. The van der Waals surface area contributed by atoms with Gasteiger partial charge in [-0.15, -0.1) is 0 Å². The Morgan fingerprint density at radius 3 is 2.67 bits per heavy atom. The Bertz CT molecular complexity index is 714. The van der Waals surface area contributed by atoms with Crippen molar-refractivity contribution in [1.82, 2.24) is 0 Å². The minimum absolute atomic E-state index is 0.169. The van der Waals surface area contributed by atoms with Gasteiger partial charge < -0.3 is 9.84 Å². The highest BCUT2D eigenvalue weighted by Crippen LogP contribution is 2.29. The fourth-order valence-electron chi connectivity index (χ4n) is 2.06. The van der Waals surface area contributed by atoms with Crippen LogP contribution in [0.5, 0.6) is 5.75 Å². The van der Waals surface area contributed by atoms with Crippen molar-refractivity contribution in [2.45, 2.75) is 20.3 Å². The molecule has 4 nitrogen and oxygen atoms in total. The molecule has 0 aliphatic carbocycles. The third-order valence-electron chi connectivity index (χ3n) is 3.39. The summed E-state index contributed by atoms with van der Waals surface area (Å²) in [7, 11) is 0. The van der Waals surface area contributed by atoms with Gasteiger partial charge in [-0.25, -0.2) is 4.79 Å². The predicted octanol–water partition coefficient (Wildman–Crippen LogP) is 3.86. The molecule has 0 saturated carbocycles. The van der Waals surface area contributed by atoms with Crippen LogP contribution in [0.25, 0.3) is 10.8 Å². The van der Waals surface area contributed by atoms with Gasteiger partial charge in [-0.2, -0.15) is 5.26 Å². The maximum atomic E-state index is 11.5. The molecule has 21 heavy (non-hydrogen) atoms. The van der Waals surface area contributed by atoms with Crippen LogP contribution >= 0.6 is 0 Å². The van der Waals surface area contributed by atoms with Gasteiger partial charge in [-0.05, 0) is 37.1 Å². The summed E-state index contributed by atoms with van der Waals surface area (Å²) in [5.41, 5.74) is -0.317. The van der Waals surface area contributed by atoms with E-state index < -0.39 is 11.4 Å². The van der Waals surface area contributed by atoms with E-state index in [1.54, 1.807) is 18.2 Å². The van der Waals surface area contributed by atoms with Crippen LogP contribution in [0.15, 0.2) is 36.4 Å². The number of fused-ring (bicyclic) bond motifs is 1. The second-order valence-corrected chi connectivity index (χ2v) is 5.56. The van der Waals surface area contributed by atoms with Crippen LogP contribution in [0.4, 0.5) is 0 Å². The number of rotatable bonds is 5. The summed E-state index contributed by atoms with van der Waals surface area (Å²) >= 11 is 0. The fraction of sp³-hybridized carbons (Fsp3) is 0.294. The van der Waals surface area contributed by atoms with Crippen molar-refractivity contribution in [3.8, 4) is 11.8 Å². The van der Waals surface area contributed by atoms with Crippen molar-refractivity contribution in [1.29, 1.82) is 5.26 Å². The molecule has 0 aromatic heterocycles. The van der Waals surface area contributed by atoms with Crippen LogP contribution in [0.3, 0.4) is 0 Å². The average molecular weight is 283 g/mol. The van der Waals surface area contributed by atoms with E-state index in [1.165, 1.54) is 0 Å². The van der Waals surface area contributed by atoms with Gasteiger partial charge in [0.25, 0.3) is 0 Å². The molecule has 1 N–H and O–H groups in total. The van der Waals surface area contributed by atoms with Gasteiger partial charge in [-0.3, -0.25) is 0 Å². The Hall–Kier alpha value is -2.54. The average Bonchev–Trinajstić information content (AvgIpc) is 2.46. The van der Waals surface area contributed by atoms with Crippen molar-refractivity contribution in [2.75, 3.05) is 6.61 Å². The predicted molar refractivity (Wildman–Crippen MR) is 80.4 cm³/mol. The number of ether oxygens (including phenoxy) is 1. The summed E-state index contributed by atoms with van der Waals surface area (Å²) in [6.07, 6.45) is 0.537. The summed E-state index contributed by atoms with van der Waals surface area (Å²) in [4.78, 5) is 11.5. The number of carbonyl (C=O) groups is 1. The summed E-state index contributed by atoms with van der Waals surface area (Å²) < 4.78 is 5.61. The van der Waals surface area contributed by atoms with Gasteiger partial charge >= 0.3 is 5.97 Å². The molecule has 2 aromatic carbocycles. The maximum absolute atomic E-state index is 11.5. The maximum Gasteiger partial charge on any atom is 0.340 e. The van der Waals surface area contributed by atoms with E-state index in [-0.39, 0.29) is 5.56 Å². The lowest BCUT2D eigenvalue weighted by molar-refractivity contribution is 0.0694. The Morgan fingerprint density at radius 1 is 1.29 bits per heavy atom. The first-order chi connectivity index (χ1) is 9.94. The molecular formula is C17H17NO3. The molecule has 0 heterocycles. The minimum atomic E-state index is -1.01. The van der Waals surface area contributed by atoms with E-state index in [0.29, 0.717) is 24.2 Å². The molecule has 0 aliphatic rings. The topological polar surface area (TPSA) is 70.3 Å². The second-order valence-electron chi connectivity index (χ2n) is 5.56. The van der Waals surface area contributed by atoms with Crippen LogP contribution in [0.2, 0.25) is 0 Å². The van der Waals surface area contributed by atoms with Crippen LogP contribution in [-0.4, -0.2) is 17.7 Å². The third-order valence-corrected chi connectivity index (χ3v) is 3.39. The summed E-state index contributed by atoms with van der Waals surface area (Å²) in [5.74, 6) is -0.670. The lowest BCUT2D eigenvalue weighted by Gasteiger charge is -2.16. The van der Waals surface area contributed by atoms with Crippen molar-refractivity contribution in [3.05, 3.63) is 42.0 Å². The van der Waals surface area contributed by atoms with E-state index >= 15 is 0 Å². The lowest BCUT2D eigenvalue weighted by Crippen LogP contribution is -2.14. The van der Waals surface area contributed by atoms with E-state index in [9.17, 15) is 9.90 Å².